The third kappa shape index (κ3) is 44.9. The molecular weight excluding hydrogens is 790 g/mol. The number of aliphatic hydroxyl groups excluding tert-OH is 1. The van der Waals surface area contributed by atoms with Crippen molar-refractivity contribution in [1.29, 1.82) is 0 Å². The number of ketones is 1. The van der Waals surface area contributed by atoms with Gasteiger partial charge < -0.3 is 19.5 Å². The molecular formula is C8H11Cl2I3O4Y2-2. The van der Waals surface area contributed by atoms with Gasteiger partial charge in [-0.25, -0.2) is 0 Å². The minimum absolute atomic E-state index is 0. The van der Waals surface area contributed by atoms with Gasteiger partial charge in [0.2, 0.25) is 0 Å². The fourth-order valence-corrected chi connectivity index (χ4v) is 0.482. The molecule has 1 atom stereocenters. The Bertz CT molecular complexity index is 193. The predicted molar refractivity (Wildman–Crippen MR) is 96.5 cm³/mol. The van der Waals surface area contributed by atoms with Crippen LogP contribution in [0, 0.1) is 0 Å². The van der Waals surface area contributed by atoms with Gasteiger partial charge in [0.1, 0.15) is 5.78 Å². The number of hydrogen-bond acceptors (Lipinski definition) is 4. The molecule has 0 saturated heterocycles. The summed E-state index contributed by atoms with van der Waals surface area (Å²) in [6.45, 7) is 0. The minimum Gasteiger partial charge on any atom is -0.542 e. The van der Waals surface area contributed by atoms with Crippen LogP contribution in [0.3, 0.4) is 0 Å². The van der Waals surface area contributed by atoms with Crippen LogP contribution in [0.15, 0.2) is 0 Å². The van der Waals surface area contributed by atoms with Crippen molar-refractivity contribution in [3.05, 3.63) is 0 Å². The molecule has 0 bridgehead atoms. The number of alkyl halides is 2. The zero-order valence-corrected chi connectivity index (χ0v) is 23.5. The molecule has 2 radical (unpaired) electrons. The first-order chi connectivity index (χ1) is 7.62. The standard InChI is InChI=1S/C4H6ClO2.C4H4ClO2.I2.HI.2Y/c2*5-3-4(7)1-2-6;1-2;;;/h4,7H,1,3H2;1,3H2;;1H;;/q2*-1;;;;. The Kier molecular flexibility index (Phi) is 76.7. The molecule has 0 aromatic carbocycles. The molecule has 0 aliphatic carbocycles. The Labute approximate surface area is 214 Å². The van der Waals surface area contributed by atoms with Gasteiger partial charge in [0, 0.05) is 115 Å². The van der Waals surface area contributed by atoms with Crippen LogP contribution in [0.2, 0.25) is 0 Å². The van der Waals surface area contributed by atoms with Crippen molar-refractivity contribution in [2.24, 2.45) is 0 Å². The quantitative estimate of drug-likeness (QED) is 0.195. The topological polar surface area (TPSA) is 71.4 Å². The largest absolute Gasteiger partial charge is 0.542 e. The number of hydrogen-bond donors (Lipinski definition) is 1. The second kappa shape index (κ2) is 37.9. The Morgan fingerprint density at radius 1 is 1.16 bits per heavy atom. The Morgan fingerprint density at radius 2 is 1.58 bits per heavy atom. The molecule has 0 aliphatic rings. The molecule has 0 heterocycles. The Morgan fingerprint density at radius 3 is 1.68 bits per heavy atom. The van der Waals surface area contributed by atoms with E-state index in [4.69, 9.17) is 28.3 Å². The molecule has 0 rings (SSSR count). The van der Waals surface area contributed by atoms with Gasteiger partial charge in [0.25, 0.3) is 0 Å². The van der Waals surface area contributed by atoms with E-state index in [1.807, 2.05) is 0 Å². The van der Waals surface area contributed by atoms with Gasteiger partial charge in [0.15, 0.2) is 0 Å². The molecule has 19 heavy (non-hydrogen) atoms. The van der Waals surface area contributed by atoms with Crippen LogP contribution >= 0.6 is 84.4 Å². The molecule has 0 aromatic heterocycles. The van der Waals surface area contributed by atoms with Gasteiger partial charge >= 0.3 is 0 Å². The van der Waals surface area contributed by atoms with Crippen LogP contribution < -0.4 is 0 Å². The zero-order valence-electron chi connectivity index (χ0n) is 9.65. The second-order valence-corrected chi connectivity index (χ2v) is 2.73. The molecule has 0 amide bonds. The van der Waals surface area contributed by atoms with Gasteiger partial charge in [-0.15, -0.1) is 53.6 Å². The fraction of sp³-hybridized carbons (Fsp3) is 0.625. The van der Waals surface area contributed by atoms with Crippen molar-refractivity contribution in [1.82, 2.24) is 0 Å². The van der Waals surface area contributed by atoms with E-state index in [-0.39, 0.29) is 120 Å². The van der Waals surface area contributed by atoms with E-state index in [1.54, 1.807) is 0 Å². The summed E-state index contributed by atoms with van der Waals surface area (Å²) in [5.41, 5.74) is 0. The fourth-order valence-electron chi connectivity index (χ4n) is 0.278. The Balaban J connectivity index is -0.0000000344. The van der Waals surface area contributed by atoms with E-state index in [0.717, 1.165) is 0 Å². The third-order valence-corrected chi connectivity index (χ3v) is 1.57. The number of halogens is 5. The molecule has 0 spiro atoms. The molecule has 1 N–H and O–H groups in total. The number of rotatable bonds is 6. The Hall–Kier alpha value is 3.95. The van der Waals surface area contributed by atoms with E-state index in [2.05, 4.69) is 37.2 Å². The number of carbonyl (C=O) groups excluding carboxylic acids is 3. The number of aliphatic hydroxyl groups is 1. The summed E-state index contributed by atoms with van der Waals surface area (Å²) in [5.74, 6) is -0.263. The number of carbonyl (C=O) groups is 1. The SMILES string of the molecule is I.II.O=[C-]CC(=O)CCl.O=[C-]CC(O)CCl.[Y].[Y]. The summed E-state index contributed by atoms with van der Waals surface area (Å²) >= 11 is 14.3. The molecule has 0 fully saturated rings. The smallest absolute Gasteiger partial charge is 0.121 e. The van der Waals surface area contributed by atoms with Crippen molar-refractivity contribution in [2.75, 3.05) is 11.8 Å². The minimum atomic E-state index is -0.709. The molecule has 4 nitrogen and oxygen atoms in total. The van der Waals surface area contributed by atoms with Gasteiger partial charge in [0.05, 0.1) is 5.88 Å². The molecule has 0 aromatic rings. The van der Waals surface area contributed by atoms with Crippen molar-refractivity contribution >= 4 is 103 Å². The second-order valence-electron chi connectivity index (χ2n) is 2.15. The predicted octanol–water partition coefficient (Wildman–Crippen LogP) is 2.76. The summed E-state index contributed by atoms with van der Waals surface area (Å²) in [6.07, 6.45) is 2.10. The third-order valence-electron chi connectivity index (χ3n) is 0.915. The van der Waals surface area contributed by atoms with Crippen LogP contribution in [0.4, 0.5) is 0 Å². The molecule has 11 heteroatoms. The monoisotopic (exact) mass is 800 g/mol. The van der Waals surface area contributed by atoms with Gasteiger partial charge in [-0.2, -0.15) is 0 Å². The van der Waals surface area contributed by atoms with Crippen LogP contribution in [-0.2, 0) is 79.8 Å². The van der Waals surface area contributed by atoms with Crippen molar-refractivity contribution in [3.63, 3.8) is 0 Å². The van der Waals surface area contributed by atoms with Crippen molar-refractivity contribution in [2.45, 2.75) is 18.9 Å². The van der Waals surface area contributed by atoms with Gasteiger partial charge in [-0.3, -0.25) is 12.6 Å². The van der Waals surface area contributed by atoms with E-state index >= 15 is 0 Å². The zero-order chi connectivity index (χ0) is 13.4. The first kappa shape index (κ1) is 38.5. The maximum absolute atomic E-state index is 10.0. The van der Waals surface area contributed by atoms with Gasteiger partial charge in [-0.1, -0.05) is 6.42 Å². The van der Waals surface area contributed by atoms with Crippen molar-refractivity contribution < 1.29 is 84.9 Å². The summed E-state index contributed by atoms with van der Waals surface area (Å²) < 4.78 is 0. The van der Waals surface area contributed by atoms with E-state index in [0.29, 0.717) is 0 Å². The summed E-state index contributed by atoms with van der Waals surface area (Å²) in [5, 5.41) is 8.46. The summed E-state index contributed by atoms with van der Waals surface area (Å²) in [4.78, 5) is 28.8. The molecule has 1 unspecified atom stereocenters. The molecule has 0 aliphatic heterocycles. The van der Waals surface area contributed by atoms with Crippen LogP contribution in [0.5, 0.6) is 0 Å². The maximum atomic E-state index is 10.0. The van der Waals surface area contributed by atoms with Crippen LogP contribution in [0.25, 0.3) is 0 Å². The van der Waals surface area contributed by atoms with Crippen molar-refractivity contribution in [3.8, 4) is 0 Å². The molecule has 110 valence electrons. The summed E-state index contributed by atoms with van der Waals surface area (Å²) in [7, 11) is 0. The van der Waals surface area contributed by atoms with E-state index in [1.165, 1.54) is 12.6 Å². The average Bonchev–Trinajstić information content (AvgIpc) is 2.33. The van der Waals surface area contributed by atoms with Crippen LogP contribution in [0.1, 0.15) is 12.8 Å². The normalized spacial score (nSPS) is 8.26. The van der Waals surface area contributed by atoms with E-state index < -0.39 is 6.10 Å². The maximum Gasteiger partial charge on any atom is 0.121 e. The van der Waals surface area contributed by atoms with E-state index in [9.17, 15) is 14.4 Å². The first-order valence-corrected chi connectivity index (χ1v) is 11.1. The van der Waals surface area contributed by atoms with Gasteiger partial charge in [-0.05, 0) is 0 Å². The van der Waals surface area contributed by atoms with Crippen LogP contribution in [-0.4, -0.2) is 41.3 Å². The molecule has 0 saturated carbocycles. The average molecular weight is 801 g/mol. The first-order valence-electron chi connectivity index (χ1n) is 3.78. The number of Topliss-reactive ketones (excluding diaryl/α,β-unsaturated/α-hetero) is 1. The summed E-state index contributed by atoms with van der Waals surface area (Å²) in [6, 6.07) is 0.